The Labute approximate surface area is 109 Å². The third-order valence-corrected chi connectivity index (χ3v) is 4.79. The first-order valence-electron chi connectivity index (χ1n) is 7.21. The van der Waals surface area contributed by atoms with Crippen LogP contribution in [0.3, 0.4) is 0 Å². The van der Waals surface area contributed by atoms with E-state index in [1.165, 1.54) is 62.9 Å². The molecule has 0 bridgehead atoms. The van der Waals surface area contributed by atoms with E-state index >= 15 is 0 Å². The highest BCUT2D eigenvalue weighted by Gasteiger charge is 2.39. The molecule has 1 spiro atoms. The topological polar surface area (TPSA) is 42.1 Å². The van der Waals surface area contributed by atoms with Crippen LogP contribution >= 0.6 is 0 Å². The molecular formula is C15H23N3. The summed E-state index contributed by atoms with van der Waals surface area (Å²) < 4.78 is 0. The highest BCUT2D eigenvalue weighted by Crippen LogP contribution is 2.45. The van der Waals surface area contributed by atoms with Gasteiger partial charge in [-0.3, -0.25) is 4.98 Å². The molecule has 18 heavy (non-hydrogen) atoms. The Balaban J connectivity index is 1.78. The van der Waals surface area contributed by atoms with Crippen molar-refractivity contribution in [1.82, 2.24) is 4.98 Å². The lowest BCUT2D eigenvalue weighted by Crippen LogP contribution is -2.29. The Morgan fingerprint density at radius 1 is 1.22 bits per heavy atom. The fraction of sp³-hybridized carbons (Fsp3) is 0.667. The zero-order valence-electron chi connectivity index (χ0n) is 11.1. The molecule has 98 valence electrons. The zero-order valence-corrected chi connectivity index (χ0v) is 11.1. The number of nitrogens with two attached hydrogens (primary N) is 1. The molecule has 1 saturated carbocycles. The molecule has 2 heterocycles. The minimum atomic E-state index is 0.590. The van der Waals surface area contributed by atoms with E-state index in [1.807, 2.05) is 12.4 Å². The number of pyridine rings is 1. The molecule has 1 aromatic heterocycles. The summed E-state index contributed by atoms with van der Waals surface area (Å²) in [5.74, 6) is 0. The molecule has 2 fully saturated rings. The van der Waals surface area contributed by atoms with E-state index in [0.29, 0.717) is 12.0 Å². The van der Waals surface area contributed by atoms with E-state index in [0.717, 1.165) is 0 Å². The molecule has 1 saturated heterocycles. The molecule has 0 aromatic carbocycles. The second-order valence-electron chi connectivity index (χ2n) is 5.94. The summed E-state index contributed by atoms with van der Waals surface area (Å²) in [6.45, 7) is 3.01. The maximum Gasteiger partial charge on any atom is 0.0442 e. The number of hydrogen-bond donors (Lipinski definition) is 1. The van der Waals surface area contributed by atoms with E-state index in [9.17, 15) is 0 Å². The Kier molecular flexibility index (Phi) is 3.25. The van der Waals surface area contributed by atoms with Crippen LogP contribution in [0.15, 0.2) is 18.5 Å². The summed E-state index contributed by atoms with van der Waals surface area (Å²) in [5, 5.41) is 0. The summed E-state index contributed by atoms with van der Waals surface area (Å²) in [7, 11) is 0. The van der Waals surface area contributed by atoms with Gasteiger partial charge in [-0.15, -0.1) is 0 Å². The molecule has 1 aliphatic carbocycles. The van der Waals surface area contributed by atoms with E-state index in [2.05, 4.69) is 16.0 Å². The van der Waals surface area contributed by atoms with Gasteiger partial charge in [-0.05, 0) is 30.7 Å². The zero-order chi connectivity index (χ0) is 12.4. The quantitative estimate of drug-likeness (QED) is 0.871. The molecule has 1 aliphatic heterocycles. The monoisotopic (exact) mass is 245 g/mol. The second kappa shape index (κ2) is 4.88. The number of rotatable bonds is 2. The molecule has 0 atom stereocenters. The molecule has 2 N–H and O–H groups in total. The number of nitrogens with zero attached hydrogens (tertiary/aromatic N) is 2. The summed E-state index contributed by atoms with van der Waals surface area (Å²) >= 11 is 0. The molecule has 1 aromatic rings. The van der Waals surface area contributed by atoms with Crippen molar-refractivity contribution in [1.29, 1.82) is 0 Å². The van der Waals surface area contributed by atoms with Crippen molar-refractivity contribution in [3.8, 4) is 0 Å². The molecular weight excluding hydrogens is 222 g/mol. The van der Waals surface area contributed by atoms with Gasteiger partial charge in [-0.25, -0.2) is 0 Å². The minimum Gasteiger partial charge on any atom is -0.371 e. The minimum absolute atomic E-state index is 0.590. The lowest BCUT2D eigenvalue weighted by molar-refractivity contribution is 0.219. The molecule has 3 rings (SSSR count). The van der Waals surface area contributed by atoms with Crippen LogP contribution in [0.25, 0.3) is 0 Å². The predicted octanol–water partition coefficient (Wildman–Crippen LogP) is 2.70. The van der Waals surface area contributed by atoms with Gasteiger partial charge in [0.1, 0.15) is 0 Å². The van der Waals surface area contributed by atoms with Crippen molar-refractivity contribution in [2.24, 2.45) is 11.1 Å². The van der Waals surface area contributed by atoms with Crippen molar-refractivity contribution >= 4 is 5.69 Å². The van der Waals surface area contributed by atoms with Crippen LogP contribution in [0.2, 0.25) is 0 Å². The third-order valence-electron chi connectivity index (χ3n) is 4.79. The third kappa shape index (κ3) is 2.12. The van der Waals surface area contributed by atoms with Crippen molar-refractivity contribution in [2.45, 2.75) is 45.1 Å². The molecule has 3 heteroatoms. The van der Waals surface area contributed by atoms with Gasteiger partial charge < -0.3 is 10.6 Å². The van der Waals surface area contributed by atoms with Gasteiger partial charge in [0.05, 0.1) is 0 Å². The van der Waals surface area contributed by atoms with E-state index in [-0.39, 0.29) is 0 Å². The first-order chi connectivity index (χ1) is 8.83. The predicted molar refractivity (Wildman–Crippen MR) is 74.5 cm³/mol. The fourth-order valence-corrected chi connectivity index (χ4v) is 3.74. The smallest absolute Gasteiger partial charge is 0.0442 e. The first-order valence-corrected chi connectivity index (χ1v) is 7.21. The van der Waals surface area contributed by atoms with Crippen molar-refractivity contribution < 1.29 is 0 Å². The Morgan fingerprint density at radius 3 is 2.83 bits per heavy atom. The van der Waals surface area contributed by atoms with E-state index in [4.69, 9.17) is 5.73 Å². The SMILES string of the molecule is NCc1cnccc1N1CCC2(CCCCC2)C1. The summed E-state index contributed by atoms with van der Waals surface area (Å²) in [6.07, 6.45) is 12.3. The lowest BCUT2D eigenvalue weighted by atomic mass is 9.73. The largest absolute Gasteiger partial charge is 0.371 e. The van der Waals surface area contributed by atoms with Gasteiger partial charge >= 0.3 is 0 Å². The summed E-state index contributed by atoms with van der Waals surface area (Å²) in [5.41, 5.74) is 8.93. The van der Waals surface area contributed by atoms with Gasteiger partial charge in [0.2, 0.25) is 0 Å². The van der Waals surface area contributed by atoms with Crippen molar-refractivity contribution in [2.75, 3.05) is 18.0 Å². The highest BCUT2D eigenvalue weighted by molar-refractivity contribution is 5.53. The van der Waals surface area contributed by atoms with Crippen LogP contribution in [-0.2, 0) is 6.54 Å². The number of hydrogen-bond acceptors (Lipinski definition) is 3. The van der Waals surface area contributed by atoms with Crippen molar-refractivity contribution in [3.05, 3.63) is 24.0 Å². The van der Waals surface area contributed by atoms with E-state index in [1.54, 1.807) is 0 Å². The van der Waals surface area contributed by atoms with Gasteiger partial charge in [-0.1, -0.05) is 19.3 Å². The summed E-state index contributed by atoms with van der Waals surface area (Å²) in [4.78, 5) is 6.72. The maximum atomic E-state index is 5.82. The van der Waals surface area contributed by atoms with Gasteiger partial charge in [-0.2, -0.15) is 0 Å². The molecule has 2 aliphatic rings. The van der Waals surface area contributed by atoms with Crippen LogP contribution in [0, 0.1) is 5.41 Å². The molecule has 0 radical (unpaired) electrons. The average Bonchev–Trinajstić information content (AvgIpc) is 2.83. The summed E-state index contributed by atoms with van der Waals surface area (Å²) in [6, 6.07) is 2.13. The maximum absolute atomic E-state index is 5.82. The van der Waals surface area contributed by atoms with Crippen molar-refractivity contribution in [3.63, 3.8) is 0 Å². The highest BCUT2D eigenvalue weighted by atomic mass is 15.2. The van der Waals surface area contributed by atoms with Gasteiger partial charge in [0.15, 0.2) is 0 Å². The first kappa shape index (κ1) is 12.0. The van der Waals surface area contributed by atoms with Gasteiger partial charge in [0, 0.05) is 43.3 Å². The van der Waals surface area contributed by atoms with Gasteiger partial charge in [0.25, 0.3) is 0 Å². The average molecular weight is 245 g/mol. The molecule has 0 amide bonds. The second-order valence-corrected chi connectivity index (χ2v) is 5.94. The number of anilines is 1. The van der Waals surface area contributed by atoms with E-state index < -0.39 is 0 Å². The van der Waals surface area contributed by atoms with Crippen LogP contribution in [0.5, 0.6) is 0 Å². The van der Waals surface area contributed by atoms with Crippen LogP contribution in [-0.4, -0.2) is 18.1 Å². The Bertz CT molecular complexity index is 410. The standard InChI is InChI=1S/C15H23N3/c16-10-13-11-17-8-4-14(13)18-9-7-15(12-18)5-2-1-3-6-15/h4,8,11H,1-3,5-7,9-10,12,16H2. The fourth-order valence-electron chi connectivity index (χ4n) is 3.74. The van der Waals surface area contributed by atoms with Crippen LogP contribution in [0.1, 0.15) is 44.1 Å². The Hall–Kier alpha value is -1.09. The number of aromatic nitrogens is 1. The van der Waals surface area contributed by atoms with Crippen LogP contribution < -0.4 is 10.6 Å². The van der Waals surface area contributed by atoms with Crippen LogP contribution in [0.4, 0.5) is 5.69 Å². The molecule has 3 nitrogen and oxygen atoms in total. The molecule has 0 unspecified atom stereocenters. The normalized spacial score (nSPS) is 22.6. The Morgan fingerprint density at radius 2 is 2.06 bits per heavy atom. The lowest BCUT2D eigenvalue weighted by Gasteiger charge is -2.33.